The quantitative estimate of drug-likeness (QED) is 0.814. The van der Waals surface area contributed by atoms with Crippen molar-refractivity contribution in [1.82, 2.24) is 10.2 Å². The van der Waals surface area contributed by atoms with E-state index in [0.29, 0.717) is 37.6 Å². The first-order valence-electron chi connectivity index (χ1n) is 7.77. The van der Waals surface area contributed by atoms with Crippen LogP contribution in [0.5, 0.6) is 0 Å². The molecule has 0 atom stereocenters. The van der Waals surface area contributed by atoms with E-state index in [4.69, 9.17) is 21.4 Å². The lowest BCUT2D eigenvalue weighted by Gasteiger charge is -2.27. The fourth-order valence-electron chi connectivity index (χ4n) is 2.44. The fraction of sp³-hybridized carbons (Fsp3) is 0.235. The van der Waals surface area contributed by atoms with Crippen LogP contribution in [0.15, 0.2) is 47.1 Å². The van der Waals surface area contributed by atoms with Gasteiger partial charge in [0.15, 0.2) is 10.9 Å². The molecule has 1 aromatic carbocycles. The number of benzene rings is 1. The summed E-state index contributed by atoms with van der Waals surface area (Å²) < 4.78 is 10.3. The van der Waals surface area contributed by atoms with E-state index < -0.39 is 5.91 Å². The Kier molecular flexibility index (Phi) is 5.42. The average Bonchev–Trinajstić information content (AvgIpc) is 3.17. The zero-order chi connectivity index (χ0) is 17.6. The van der Waals surface area contributed by atoms with Crippen molar-refractivity contribution in [3.63, 3.8) is 0 Å². The standard InChI is InChI=1S/C17H17N3O4S/c21-15(14-6-3-9-24-14)19-17(25)18-13-5-2-1-4-12(13)16(22)20-7-10-23-11-8-20/h1-6,9H,7-8,10-11H2,(H2,18,19,21,25). The fourth-order valence-corrected chi connectivity index (χ4v) is 2.64. The van der Waals surface area contributed by atoms with Gasteiger partial charge in [0.2, 0.25) is 0 Å². The number of hydrogen-bond donors (Lipinski definition) is 2. The number of anilines is 1. The highest BCUT2D eigenvalue weighted by Crippen LogP contribution is 2.18. The molecule has 2 N–H and O–H groups in total. The van der Waals surface area contributed by atoms with Gasteiger partial charge in [0.1, 0.15) is 0 Å². The zero-order valence-corrected chi connectivity index (χ0v) is 14.2. The van der Waals surface area contributed by atoms with Gasteiger partial charge in [0.25, 0.3) is 11.8 Å². The van der Waals surface area contributed by atoms with Gasteiger partial charge >= 0.3 is 0 Å². The topological polar surface area (TPSA) is 83.8 Å². The second kappa shape index (κ2) is 7.91. The van der Waals surface area contributed by atoms with E-state index in [0.717, 1.165) is 0 Å². The molecule has 1 aromatic heterocycles. The van der Waals surface area contributed by atoms with Crippen molar-refractivity contribution in [3.05, 3.63) is 54.0 Å². The summed E-state index contributed by atoms with van der Waals surface area (Å²) >= 11 is 5.16. The first-order valence-corrected chi connectivity index (χ1v) is 8.18. The van der Waals surface area contributed by atoms with Gasteiger partial charge in [0, 0.05) is 13.1 Å². The van der Waals surface area contributed by atoms with E-state index in [2.05, 4.69) is 10.6 Å². The van der Waals surface area contributed by atoms with Crippen molar-refractivity contribution in [2.75, 3.05) is 31.6 Å². The Bertz CT molecular complexity index is 770. The van der Waals surface area contributed by atoms with Gasteiger partial charge < -0.3 is 19.4 Å². The van der Waals surface area contributed by atoms with Crippen LogP contribution in [0, 0.1) is 0 Å². The molecule has 1 aliphatic rings. The van der Waals surface area contributed by atoms with Crippen molar-refractivity contribution in [2.24, 2.45) is 0 Å². The van der Waals surface area contributed by atoms with Crippen LogP contribution in [0.4, 0.5) is 5.69 Å². The molecule has 1 aliphatic heterocycles. The highest BCUT2D eigenvalue weighted by Gasteiger charge is 2.21. The van der Waals surface area contributed by atoms with Crippen LogP contribution in [0.3, 0.4) is 0 Å². The number of thiocarbonyl (C=S) groups is 1. The smallest absolute Gasteiger partial charge is 0.293 e. The third-order valence-electron chi connectivity index (χ3n) is 3.68. The minimum Gasteiger partial charge on any atom is -0.459 e. The number of carbonyl (C=O) groups excluding carboxylic acids is 2. The summed E-state index contributed by atoms with van der Waals surface area (Å²) in [5.74, 6) is -0.409. The minimum absolute atomic E-state index is 0.0867. The number of hydrogen-bond acceptors (Lipinski definition) is 5. The highest BCUT2D eigenvalue weighted by atomic mass is 32.1. The number of ether oxygens (including phenoxy) is 1. The Hall–Kier alpha value is -2.71. The molecule has 25 heavy (non-hydrogen) atoms. The molecule has 2 heterocycles. The molecule has 0 unspecified atom stereocenters. The summed E-state index contributed by atoms with van der Waals surface area (Å²) in [6.07, 6.45) is 1.40. The van der Waals surface area contributed by atoms with Crippen LogP contribution in [0.25, 0.3) is 0 Å². The third-order valence-corrected chi connectivity index (χ3v) is 3.88. The lowest BCUT2D eigenvalue weighted by atomic mass is 10.1. The van der Waals surface area contributed by atoms with E-state index in [1.807, 2.05) is 0 Å². The van der Waals surface area contributed by atoms with Crippen LogP contribution in [-0.2, 0) is 4.74 Å². The number of carbonyl (C=O) groups is 2. The van der Waals surface area contributed by atoms with Crippen LogP contribution in [0.2, 0.25) is 0 Å². The number of amides is 2. The zero-order valence-electron chi connectivity index (χ0n) is 13.4. The number of nitrogens with zero attached hydrogens (tertiary/aromatic N) is 1. The molecule has 0 aliphatic carbocycles. The van der Waals surface area contributed by atoms with Gasteiger partial charge in [-0.15, -0.1) is 0 Å². The number of furan rings is 1. The van der Waals surface area contributed by atoms with Gasteiger partial charge in [0.05, 0.1) is 30.7 Å². The number of morpholine rings is 1. The average molecular weight is 359 g/mol. The maximum absolute atomic E-state index is 12.7. The van der Waals surface area contributed by atoms with Crippen LogP contribution in [-0.4, -0.2) is 48.1 Å². The monoisotopic (exact) mass is 359 g/mol. The molecular formula is C17H17N3O4S. The summed E-state index contributed by atoms with van der Waals surface area (Å²) in [7, 11) is 0. The van der Waals surface area contributed by atoms with Crippen LogP contribution in [0.1, 0.15) is 20.9 Å². The summed E-state index contributed by atoms with van der Waals surface area (Å²) in [5.41, 5.74) is 1.02. The molecule has 7 nitrogen and oxygen atoms in total. The molecule has 1 fully saturated rings. The molecule has 3 rings (SSSR count). The van der Waals surface area contributed by atoms with Gasteiger partial charge in [-0.1, -0.05) is 12.1 Å². The lowest BCUT2D eigenvalue weighted by Crippen LogP contribution is -2.41. The molecular weight excluding hydrogens is 342 g/mol. The van der Waals surface area contributed by atoms with E-state index in [-0.39, 0.29) is 16.8 Å². The molecule has 2 amide bonds. The van der Waals surface area contributed by atoms with E-state index >= 15 is 0 Å². The van der Waals surface area contributed by atoms with Crippen molar-refractivity contribution in [3.8, 4) is 0 Å². The van der Waals surface area contributed by atoms with E-state index in [9.17, 15) is 9.59 Å². The predicted octanol–water partition coefficient (Wildman–Crippen LogP) is 1.88. The Morgan fingerprint density at radius 2 is 1.84 bits per heavy atom. The SMILES string of the molecule is O=C(NC(=S)Nc1ccccc1C(=O)N1CCOCC1)c1ccco1. The molecule has 2 aromatic rings. The Labute approximate surface area is 149 Å². The van der Waals surface area contributed by atoms with E-state index in [1.54, 1.807) is 35.2 Å². The third kappa shape index (κ3) is 4.23. The summed E-state index contributed by atoms with van der Waals surface area (Å²) in [6, 6.07) is 10.2. The predicted molar refractivity (Wildman–Crippen MR) is 95.6 cm³/mol. The second-order valence-corrected chi connectivity index (χ2v) is 5.74. The van der Waals surface area contributed by atoms with Gasteiger partial charge in [-0.25, -0.2) is 0 Å². The maximum Gasteiger partial charge on any atom is 0.293 e. The number of nitrogens with one attached hydrogen (secondary N) is 2. The minimum atomic E-state index is -0.459. The van der Waals surface area contributed by atoms with Crippen molar-refractivity contribution in [1.29, 1.82) is 0 Å². The Balaban J connectivity index is 1.69. The molecule has 0 saturated carbocycles. The molecule has 0 bridgehead atoms. The van der Waals surface area contributed by atoms with Crippen LogP contribution < -0.4 is 10.6 Å². The number of rotatable bonds is 3. The summed E-state index contributed by atoms with van der Waals surface area (Å²) in [5, 5.41) is 5.51. The van der Waals surface area contributed by atoms with Gasteiger partial charge in [-0.3, -0.25) is 14.9 Å². The van der Waals surface area contributed by atoms with Gasteiger partial charge in [-0.2, -0.15) is 0 Å². The van der Waals surface area contributed by atoms with Crippen LogP contribution >= 0.6 is 12.2 Å². The molecule has 130 valence electrons. The molecule has 0 radical (unpaired) electrons. The number of para-hydroxylation sites is 1. The normalized spacial score (nSPS) is 14.0. The summed E-state index contributed by atoms with van der Waals surface area (Å²) in [6.45, 7) is 2.15. The Morgan fingerprint density at radius 3 is 2.56 bits per heavy atom. The summed E-state index contributed by atoms with van der Waals surface area (Å²) in [4.78, 5) is 26.4. The molecule has 0 spiro atoms. The Morgan fingerprint density at radius 1 is 1.08 bits per heavy atom. The van der Waals surface area contributed by atoms with E-state index in [1.165, 1.54) is 12.3 Å². The molecule has 8 heteroatoms. The maximum atomic E-state index is 12.7. The van der Waals surface area contributed by atoms with Crippen molar-refractivity contribution < 1.29 is 18.7 Å². The first-order chi connectivity index (χ1) is 12.1. The molecule has 1 saturated heterocycles. The second-order valence-electron chi connectivity index (χ2n) is 5.34. The van der Waals surface area contributed by atoms with Gasteiger partial charge in [-0.05, 0) is 36.5 Å². The van der Waals surface area contributed by atoms with Crippen molar-refractivity contribution in [2.45, 2.75) is 0 Å². The van der Waals surface area contributed by atoms with Crippen molar-refractivity contribution >= 4 is 34.8 Å². The first kappa shape index (κ1) is 17.1. The largest absolute Gasteiger partial charge is 0.459 e. The lowest BCUT2D eigenvalue weighted by molar-refractivity contribution is 0.0303. The highest BCUT2D eigenvalue weighted by molar-refractivity contribution is 7.80.